The minimum atomic E-state index is -2.59. The van der Waals surface area contributed by atoms with Crippen molar-refractivity contribution in [3.8, 4) is 0 Å². The average Bonchev–Trinajstić information content (AvgIpc) is 2.50. The number of hydrogen-bond acceptors (Lipinski definition) is 2. The second kappa shape index (κ2) is 3.17. The first kappa shape index (κ1) is 9.34. The molecule has 0 amide bonds. The number of nitrogens with zero attached hydrogens (tertiary/aromatic N) is 1. The van der Waals surface area contributed by atoms with Gasteiger partial charge in [-0.2, -0.15) is 0 Å². The maximum absolute atomic E-state index is 12.5. The molecule has 0 bridgehead atoms. The molecule has 0 radical (unpaired) electrons. The van der Waals surface area contributed by atoms with Gasteiger partial charge in [-0.15, -0.1) is 0 Å². The van der Waals surface area contributed by atoms with Crippen LogP contribution in [0.2, 0.25) is 0 Å². The molecule has 4 heteroatoms. The molecule has 2 aliphatic rings. The normalized spacial score (nSPS) is 41.1. The molecule has 2 fully saturated rings. The van der Waals surface area contributed by atoms with Crippen LogP contribution >= 0.6 is 0 Å². The first-order valence-electron chi connectivity index (χ1n) is 4.86. The number of alkyl halides is 2. The topological polar surface area (TPSA) is 23.5 Å². The molecule has 0 aliphatic carbocycles. The number of aliphatic hydroxyl groups is 1. The monoisotopic (exact) mass is 191 g/mol. The molecule has 76 valence electrons. The van der Waals surface area contributed by atoms with Gasteiger partial charge in [0.05, 0.1) is 0 Å². The van der Waals surface area contributed by atoms with Crippen molar-refractivity contribution in [3.05, 3.63) is 0 Å². The van der Waals surface area contributed by atoms with Crippen molar-refractivity contribution in [1.29, 1.82) is 0 Å². The third-order valence-electron chi connectivity index (χ3n) is 3.33. The van der Waals surface area contributed by atoms with Crippen molar-refractivity contribution < 1.29 is 13.9 Å². The predicted octanol–water partition coefficient (Wildman–Crippen LogP) is 1.24. The summed E-state index contributed by atoms with van der Waals surface area (Å²) in [4.78, 5) is 2.22. The van der Waals surface area contributed by atoms with Crippen LogP contribution in [0.5, 0.6) is 0 Å². The Labute approximate surface area is 76.5 Å². The molecule has 13 heavy (non-hydrogen) atoms. The van der Waals surface area contributed by atoms with Gasteiger partial charge in [-0.05, 0) is 32.2 Å². The van der Waals surface area contributed by atoms with Crippen LogP contribution < -0.4 is 0 Å². The standard InChI is InChI=1S/C9H15F2NO/c10-8(11)9(13)3-5-12-4-1-2-7(12)6-9/h7-8,13H,1-6H2. The van der Waals surface area contributed by atoms with Crippen molar-refractivity contribution in [2.24, 2.45) is 0 Å². The highest BCUT2D eigenvalue weighted by atomic mass is 19.3. The van der Waals surface area contributed by atoms with E-state index in [1.54, 1.807) is 0 Å². The van der Waals surface area contributed by atoms with E-state index < -0.39 is 12.0 Å². The van der Waals surface area contributed by atoms with Gasteiger partial charge in [0.2, 0.25) is 0 Å². The second-order valence-electron chi connectivity index (χ2n) is 4.19. The Morgan fingerprint density at radius 1 is 1.38 bits per heavy atom. The summed E-state index contributed by atoms with van der Waals surface area (Å²) < 4.78 is 25.0. The molecule has 2 atom stereocenters. The molecule has 0 saturated carbocycles. The summed E-state index contributed by atoms with van der Waals surface area (Å²) >= 11 is 0. The Hall–Kier alpha value is -0.220. The highest BCUT2D eigenvalue weighted by Crippen LogP contribution is 2.36. The van der Waals surface area contributed by atoms with E-state index in [0.717, 1.165) is 19.4 Å². The van der Waals surface area contributed by atoms with Crippen LogP contribution in [-0.4, -0.2) is 41.2 Å². The fraction of sp³-hybridized carbons (Fsp3) is 1.00. The molecule has 2 unspecified atom stereocenters. The molecule has 2 aliphatic heterocycles. The SMILES string of the molecule is OC1(C(F)F)CCN2CCCC2C1. The van der Waals surface area contributed by atoms with Crippen LogP contribution in [0.25, 0.3) is 0 Å². The summed E-state index contributed by atoms with van der Waals surface area (Å²) in [5.41, 5.74) is -1.70. The van der Waals surface area contributed by atoms with E-state index in [9.17, 15) is 13.9 Å². The first-order chi connectivity index (χ1) is 6.12. The number of rotatable bonds is 1. The van der Waals surface area contributed by atoms with Crippen LogP contribution in [0.1, 0.15) is 25.7 Å². The van der Waals surface area contributed by atoms with Crippen LogP contribution in [-0.2, 0) is 0 Å². The van der Waals surface area contributed by atoms with Gasteiger partial charge in [-0.1, -0.05) is 0 Å². The summed E-state index contributed by atoms with van der Waals surface area (Å²) in [6.07, 6.45) is -0.0551. The Morgan fingerprint density at radius 2 is 2.15 bits per heavy atom. The van der Waals surface area contributed by atoms with Crippen molar-refractivity contribution >= 4 is 0 Å². The lowest BCUT2D eigenvalue weighted by Gasteiger charge is -2.40. The number of hydrogen-bond donors (Lipinski definition) is 1. The minimum absolute atomic E-state index is 0.202. The van der Waals surface area contributed by atoms with Gasteiger partial charge in [0, 0.05) is 12.6 Å². The second-order valence-corrected chi connectivity index (χ2v) is 4.19. The lowest BCUT2D eigenvalue weighted by molar-refractivity contribution is -0.134. The van der Waals surface area contributed by atoms with E-state index >= 15 is 0 Å². The van der Waals surface area contributed by atoms with Crippen LogP contribution in [0.3, 0.4) is 0 Å². The third-order valence-corrected chi connectivity index (χ3v) is 3.33. The van der Waals surface area contributed by atoms with Crippen molar-refractivity contribution in [2.75, 3.05) is 13.1 Å². The summed E-state index contributed by atoms with van der Waals surface area (Å²) in [5, 5.41) is 9.62. The molecule has 0 spiro atoms. The smallest absolute Gasteiger partial charge is 0.266 e. The lowest BCUT2D eigenvalue weighted by atomic mass is 9.87. The largest absolute Gasteiger partial charge is 0.384 e. The maximum atomic E-state index is 12.5. The molecular weight excluding hydrogens is 176 g/mol. The van der Waals surface area contributed by atoms with E-state index in [0.29, 0.717) is 6.54 Å². The number of fused-ring (bicyclic) bond motifs is 1. The van der Waals surface area contributed by atoms with Crippen molar-refractivity contribution in [3.63, 3.8) is 0 Å². The van der Waals surface area contributed by atoms with Crippen LogP contribution in [0.4, 0.5) is 8.78 Å². The molecule has 2 saturated heterocycles. The van der Waals surface area contributed by atoms with E-state index in [-0.39, 0.29) is 18.9 Å². The summed E-state index contributed by atoms with van der Waals surface area (Å²) in [6, 6.07) is 0.202. The fourth-order valence-electron chi connectivity index (χ4n) is 2.47. The highest BCUT2D eigenvalue weighted by Gasteiger charge is 2.45. The number of halogens is 2. The molecule has 0 aromatic rings. The Kier molecular flexibility index (Phi) is 2.28. The van der Waals surface area contributed by atoms with E-state index in [4.69, 9.17) is 0 Å². The molecule has 1 N–H and O–H groups in total. The summed E-state index contributed by atoms with van der Waals surface area (Å²) in [6.45, 7) is 1.65. The lowest BCUT2D eigenvalue weighted by Crippen LogP contribution is -2.51. The molecule has 0 aromatic carbocycles. The quantitative estimate of drug-likeness (QED) is 0.674. The van der Waals surface area contributed by atoms with Gasteiger partial charge >= 0.3 is 0 Å². The minimum Gasteiger partial charge on any atom is -0.384 e. The van der Waals surface area contributed by atoms with Crippen molar-refractivity contribution in [2.45, 2.75) is 43.8 Å². The van der Waals surface area contributed by atoms with Crippen molar-refractivity contribution in [1.82, 2.24) is 4.90 Å². The highest BCUT2D eigenvalue weighted by molar-refractivity contribution is 4.95. The van der Waals surface area contributed by atoms with E-state index in [2.05, 4.69) is 4.90 Å². The van der Waals surface area contributed by atoms with Gasteiger partial charge in [0.1, 0.15) is 5.60 Å². The fourth-order valence-corrected chi connectivity index (χ4v) is 2.47. The molecule has 0 aromatic heterocycles. The van der Waals surface area contributed by atoms with Gasteiger partial charge in [0.15, 0.2) is 0 Å². The third kappa shape index (κ3) is 1.57. The first-order valence-corrected chi connectivity index (χ1v) is 4.86. The van der Waals surface area contributed by atoms with Gasteiger partial charge in [-0.25, -0.2) is 8.78 Å². The maximum Gasteiger partial charge on any atom is 0.266 e. The number of piperidine rings is 1. The van der Waals surface area contributed by atoms with E-state index in [1.165, 1.54) is 0 Å². The van der Waals surface area contributed by atoms with Gasteiger partial charge in [0.25, 0.3) is 6.43 Å². The average molecular weight is 191 g/mol. The molecule has 2 heterocycles. The predicted molar refractivity (Wildman–Crippen MR) is 44.8 cm³/mol. The van der Waals surface area contributed by atoms with Crippen LogP contribution in [0, 0.1) is 0 Å². The zero-order valence-corrected chi connectivity index (χ0v) is 7.55. The zero-order chi connectivity index (χ0) is 9.47. The Balaban J connectivity index is 2.04. The molecular formula is C9H15F2NO. The Bertz CT molecular complexity index is 200. The van der Waals surface area contributed by atoms with Gasteiger partial charge < -0.3 is 10.0 Å². The van der Waals surface area contributed by atoms with E-state index in [1.807, 2.05) is 0 Å². The zero-order valence-electron chi connectivity index (χ0n) is 7.55. The van der Waals surface area contributed by atoms with Crippen LogP contribution in [0.15, 0.2) is 0 Å². The molecule has 2 nitrogen and oxygen atoms in total. The summed E-state index contributed by atoms with van der Waals surface area (Å²) in [7, 11) is 0. The van der Waals surface area contributed by atoms with Gasteiger partial charge in [-0.3, -0.25) is 0 Å². The Morgan fingerprint density at radius 3 is 2.85 bits per heavy atom. The molecule has 2 rings (SSSR count). The summed E-state index contributed by atoms with van der Waals surface area (Å²) in [5.74, 6) is 0.